The molecule has 0 spiro atoms. The molecule has 0 aliphatic heterocycles. The number of carbonyl (C=O) groups excluding carboxylic acids is 1. The van der Waals surface area contributed by atoms with Gasteiger partial charge in [-0.2, -0.15) is 0 Å². The second kappa shape index (κ2) is 7.29. The molecule has 1 aliphatic carbocycles. The Morgan fingerprint density at radius 1 is 1.35 bits per heavy atom. The molecular formula is C16H24N2O2. The number of rotatable bonds is 6. The fourth-order valence-electron chi connectivity index (χ4n) is 2.82. The number of para-hydroxylation sites is 2. The highest BCUT2D eigenvalue weighted by Crippen LogP contribution is 2.27. The Bertz CT molecular complexity index is 442. The van der Waals surface area contributed by atoms with Crippen molar-refractivity contribution in [2.45, 2.75) is 38.6 Å². The Morgan fingerprint density at radius 2 is 2.05 bits per heavy atom. The highest BCUT2D eigenvalue weighted by Gasteiger charge is 2.21. The van der Waals surface area contributed by atoms with Crippen molar-refractivity contribution in [3.05, 3.63) is 24.3 Å². The molecule has 0 bridgehead atoms. The minimum Gasteiger partial charge on any atom is -0.495 e. The number of nitrogens with one attached hydrogen (secondary N) is 2. The zero-order chi connectivity index (χ0) is 14.4. The summed E-state index contributed by atoms with van der Waals surface area (Å²) in [4.78, 5) is 12.0. The van der Waals surface area contributed by atoms with Crippen LogP contribution in [0.25, 0.3) is 0 Å². The van der Waals surface area contributed by atoms with Crippen LogP contribution in [0, 0.1) is 5.92 Å². The topological polar surface area (TPSA) is 50.4 Å². The molecule has 1 fully saturated rings. The molecule has 4 heteroatoms. The lowest BCUT2D eigenvalue weighted by molar-refractivity contribution is -0.115. The van der Waals surface area contributed by atoms with E-state index in [1.165, 1.54) is 25.7 Å². The number of anilines is 1. The lowest BCUT2D eigenvalue weighted by Crippen LogP contribution is -2.38. The minimum absolute atomic E-state index is 0.0284. The number of carbonyl (C=O) groups is 1. The van der Waals surface area contributed by atoms with Crippen molar-refractivity contribution in [2.75, 3.05) is 19.0 Å². The van der Waals surface area contributed by atoms with Crippen LogP contribution in [-0.2, 0) is 4.79 Å². The lowest BCUT2D eigenvalue weighted by Gasteiger charge is -2.20. The van der Waals surface area contributed by atoms with Crippen LogP contribution in [0.15, 0.2) is 24.3 Å². The maximum atomic E-state index is 12.0. The van der Waals surface area contributed by atoms with Crippen LogP contribution in [0.5, 0.6) is 5.75 Å². The fraction of sp³-hybridized carbons (Fsp3) is 0.562. The lowest BCUT2D eigenvalue weighted by atomic mass is 10.00. The molecule has 1 amide bonds. The van der Waals surface area contributed by atoms with Gasteiger partial charge in [-0.3, -0.25) is 4.79 Å². The van der Waals surface area contributed by atoms with Crippen molar-refractivity contribution in [3.8, 4) is 5.75 Å². The number of amides is 1. The monoisotopic (exact) mass is 276 g/mol. The Kier molecular flexibility index (Phi) is 5.41. The molecule has 110 valence electrons. The Morgan fingerprint density at radius 3 is 2.75 bits per heavy atom. The van der Waals surface area contributed by atoms with Crippen LogP contribution in [0.2, 0.25) is 0 Å². The first-order valence-electron chi connectivity index (χ1n) is 7.37. The molecule has 0 heterocycles. The number of methoxy groups -OCH3 is 1. The molecule has 4 nitrogen and oxygen atoms in total. The molecule has 0 saturated heterocycles. The van der Waals surface area contributed by atoms with Gasteiger partial charge in [0.1, 0.15) is 5.75 Å². The largest absolute Gasteiger partial charge is 0.495 e. The molecule has 1 atom stereocenters. The van der Waals surface area contributed by atoms with Crippen LogP contribution >= 0.6 is 0 Å². The zero-order valence-electron chi connectivity index (χ0n) is 12.3. The summed E-state index contributed by atoms with van der Waals surface area (Å²) in [5.41, 5.74) is 0.718. The summed E-state index contributed by atoms with van der Waals surface area (Å²) in [6.07, 6.45) is 5.21. The van der Waals surface area contributed by atoms with Gasteiger partial charge in [-0.1, -0.05) is 25.0 Å². The molecule has 2 rings (SSSR count). The molecule has 0 aromatic heterocycles. The molecular weight excluding hydrogens is 252 g/mol. The predicted molar refractivity (Wildman–Crippen MR) is 81.0 cm³/mol. The highest BCUT2D eigenvalue weighted by molar-refractivity contribution is 5.93. The summed E-state index contributed by atoms with van der Waals surface area (Å²) < 4.78 is 5.22. The van der Waals surface area contributed by atoms with E-state index in [0.717, 1.165) is 5.69 Å². The first-order chi connectivity index (χ1) is 9.70. The molecule has 1 saturated carbocycles. The molecule has 1 aromatic carbocycles. The quantitative estimate of drug-likeness (QED) is 0.840. The van der Waals surface area contributed by atoms with Gasteiger partial charge in [-0.25, -0.2) is 0 Å². The van der Waals surface area contributed by atoms with Gasteiger partial charge in [-0.15, -0.1) is 0 Å². The van der Waals surface area contributed by atoms with Crippen molar-refractivity contribution < 1.29 is 9.53 Å². The van der Waals surface area contributed by atoms with E-state index in [9.17, 15) is 4.79 Å². The third kappa shape index (κ3) is 3.97. The van der Waals surface area contributed by atoms with Gasteiger partial charge in [0.2, 0.25) is 5.91 Å². The van der Waals surface area contributed by atoms with Crippen LogP contribution in [-0.4, -0.2) is 25.6 Å². The van der Waals surface area contributed by atoms with Crippen molar-refractivity contribution in [1.29, 1.82) is 0 Å². The summed E-state index contributed by atoms with van der Waals surface area (Å²) in [7, 11) is 1.60. The van der Waals surface area contributed by atoms with Gasteiger partial charge in [-0.05, 0) is 37.8 Å². The van der Waals surface area contributed by atoms with Gasteiger partial charge in [0.05, 0.1) is 19.3 Å². The molecule has 0 unspecified atom stereocenters. The van der Waals surface area contributed by atoms with Crippen molar-refractivity contribution in [2.24, 2.45) is 5.92 Å². The second-order valence-corrected chi connectivity index (χ2v) is 5.46. The van der Waals surface area contributed by atoms with Crippen molar-refractivity contribution in [3.63, 3.8) is 0 Å². The Balaban J connectivity index is 1.80. The molecule has 20 heavy (non-hydrogen) atoms. The average Bonchev–Trinajstić information content (AvgIpc) is 2.99. The smallest absolute Gasteiger partial charge is 0.238 e. The van der Waals surface area contributed by atoms with E-state index in [1.54, 1.807) is 7.11 Å². The third-order valence-electron chi connectivity index (χ3n) is 4.07. The number of hydrogen-bond donors (Lipinski definition) is 2. The summed E-state index contributed by atoms with van der Waals surface area (Å²) >= 11 is 0. The normalized spacial score (nSPS) is 16.9. The van der Waals surface area contributed by atoms with Crippen LogP contribution in [0.3, 0.4) is 0 Å². The van der Waals surface area contributed by atoms with Gasteiger partial charge >= 0.3 is 0 Å². The summed E-state index contributed by atoms with van der Waals surface area (Å²) in [5, 5.41) is 6.21. The highest BCUT2D eigenvalue weighted by atomic mass is 16.5. The molecule has 1 aliphatic rings. The number of hydrogen-bond acceptors (Lipinski definition) is 3. The molecule has 1 aromatic rings. The minimum atomic E-state index is -0.0284. The van der Waals surface area contributed by atoms with Crippen LogP contribution in [0.4, 0.5) is 5.69 Å². The van der Waals surface area contributed by atoms with E-state index in [4.69, 9.17) is 4.74 Å². The number of ether oxygens (including phenoxy) is 1. The van der Waals surface area contributed by atoms with E-state index < -0.39 is 0 Å². The molecule has 2 N–H and O–H groups in total. The Hall–Kier alpha value is -1.55. The van der Waals surface area contributed by atoms with Crippen LogP contribution in [0.1, 0.15) is 32.6 Å². The third-order valence-corrected chi connectivity index (χ3v) is 4.07. The first-order valence-corrected chi connectivity index (χ1v) is 7.37. The van der Waals surface area contributed by atoms with Crippen molar-refractivity contribution in [1.82, 2.24) is 5.32 Å². The van der Waals surface area contributed by atoms with Crippen LogP contribution < -0.4 is 15.4 Å². The number of benzene rings is 1. The SMILES string of the molecule is COc1ccccc1NC(=O)CN[C@@H](C)C1CCCC1. The van der Waals surface area contributed by atoms with Gasteiger partial charge in [0.25, 0.3) is 0 Å². The Labute approximate surface area is 120 Å². The first kappa shape index (κ1) is 14.9. The second-order valence-electron chi connectivity index (χ2n) is 5.46. The zero-order valence-corrected chi connectivity index (χ0v) is 12.3. The standard InChI is InChI=1S/C16H24N2O2/c1-12(13-7-3-4-8-13)17-11-16(19)18-14-9-5-6-10-15(14)20-2/h5-6,9-10,12-13,17H,3-4,7-8,11H2,1-2H3,(H,18,19)/t12-/m0/s1. The van der Waals surface area contributed by atoms with Crippen molar-refractivity contribution >= 4 is 11.6 Å². The van der Waals surface area contributed by atoms with E-state index in [-0.39, 0.29) is 5.91 Å². The fourth-order valence-corrected chi connectivity index (χ4v) is 2.82. The summed E-state index contributed by atoms with van der Waals surface area (Å²) in [6, 6.07) is 7.85. The van der Waals surface area contributed by atoms with E-state index >= 15 is 0 Å². The van der Waals surface area contributed by atoms with Gasteiger partial charge < -0.3 is 15.4 Å². The summed E-state index contributed by atoms with van der Waals surface area (Å²) in [6.45, 7) is 2.52. The van der Waals surface area contributed by atoms with Gasteiger partial charge in [0, 0.05) is 6.04 Å². The molecule has 0 radical (unpaired) electrons. The van der Waals surface area contributed by atoms with E-state index in [1.807, 2.05) is 24.3 Å². The average molecular weight is 276 g/mol. The predicted octanol–water partition coefficient (Wildman–Crippen LogP) is 2.80. The maximum Gasteiger partial charge on any atom is 0.238 e. The van der Waals surface area contributed by atoms with E-state index in [2.05, 4.69) is 17.6 Å². The van der Waals surface area contributed by atoms with Gasteiger partial charge in [0.15, 0.2) is 0 Å². The summed E-state index contributed by atoms with van der Waals surface area (Å²) in [5.74, 6) is 1.37. The van der Waals surface area contributed by atoms with E-state index in [0.29, 0.717) is 24.3 Å². The maximum absolute atomic E-state index is 12.0.